The van der Waals surface area contributed by atoms with Crippen molar-refractivity contribution in [2.45, 2.75) is 5.51 Å². The third kappa shape index (κ3) is 4.81. The fraction of sp³-hybridized carbons (Fsp3) is 0.154. The van der Waals surface area contributed by atoms with Gasteiger partial charge in [0.25, 0.3) is 0 Å². The number of rotatable bonds is 2. The van der Waals surface area contributed by atoms with Gasteiger partial charge in [0.05, 0.1) is 17.6 Å². The molecule has 0 saturated carbocycles. The van der Waals surface area contributed by atoms with Gasteiger partial charge in [-0.2, -0.15) is 21.6 Å². The predicted molar refractivity (Wildman–Crippen MR) is 81.0 cm³/mol. The Morgan fingerprint density at radius 1 is 1.39 bits per heavy atom. The maximum atomic E-state index is 10.7. The summed E-state index contributed by atoms with van der Waals surface area (Å²) in [4.78, 5) is 4.23. The van der Waals surface area contributed by atoms with Crippen LogP contribution in [0, 0.1) is 0 Å². The smallest absolute Gasteiger partial charge is 0.497 e. The first kappa shape index (κ1) is 19.2. The molecule has 1 aromatic carbocycles. The molecule has 0 unspecified atom stereocenters. The Kier molecular flexibility index (Phi) is 5.98. The highest BCUT2D eigenvalue weighted by Gasteiger charge is 2.44. The molecule has 126 valence electrons. The van der Waals surface area contributed by atoms with E-state index in [1.54, 1.807) is 19.4 Å². The summed E-state index contributed by atoms with van der Waals surface area (Å²) >= 11 is 6.02. The van der Waals surface area contributed by atoms with Gasteiger partial charge in [0.2, 0.25) is 0 Å². The van der Waals surface area contributed by atoms with Crippen LogP contribution in [0.2, 0.25) is 5.02 Å². The summed E-state index contributed by atoms with van der Waals surface area (Å²) in [6.45, 7) is 3.74. The number of nitrogens with zero attached hydrogens (tertiary/aromatic N) is 1. The quantitative estimate of drug-likeness (QED) is 0.641. The third-order valence-electron chi connectivity index (χ3n) is 2.56. The van der Waals surface area contributed by atoms with Crippen molar-refractivity contribution >= 4 is 38.7 Å². The van der Waals surface area contributed by atoms with Gasteiger partial charge in [-0.25, -0.2) is 0 Å². The lowest BCUT2D eigenvalue weighted by molar-refractivity contribution is -0.0510. The van der Waals surface area contributed by atoms with E-state index in [-0.39, 0.29) is 0 Å². The Morgan fingerprint density at radius 2 is 1.96 bits per heavy atom. The van der Waals surface area contributed by atoms with Crippen molar-refractivity contribution in [3.8, 4) is 5.75 Å². The largest absolute Gasteiger partial charge is 0.522 e. The van der Waals surface area contributed by atoms with E-state index in [4.69, 9.17) is 29.3 Å². The van der Waals surface area contributed by atoms with E-state index in [1.165, 1.54) is 0 Å². The molecule has 10 heteroatoms. The molecular weight excluding hydrogens is 359 g/mol. The summed E-state index contributed by atoms with van der Waals surface area (Å²) < 4.78 is 62.7. The Morgan fingerprint density at radius 3 is 2.39 bits per heavy atom. The Balaban J connectivity index is 0.000000284. The molecule has 23 heavy (non-hydrogen) atoms. The van der Waals surface area contributed by atoms with Gasteiger partial charge >= 0.3 is 15.6 Å². The average molecular weight is 370 g/mol. The number of fused-ring (bicyclic) bond motifs is 1. The number of hydrogen-bond acceptors (Lipinski definition) is 4. The highest BCUT2D eigenvalue weighted by Crippen LogP contribution is 2.28. The maximum Gasteiger partial charge on any atom is 0.522 e. The lowest BCUT2D eigenvalue weighted by Gasteiger charge is -2.06. The van der Waals surface area contributed by atoms with E-state index >= 15 is 0 Å². The average Bonchev–Trinajstić information content (AvgIpc) is 2.45. The summed E-state index contributed by atoms with van der Waals surface area (Å²) in [6.07, 6.45) is 3.36. The van der Waals surface area contributed by atoms with Crippen LogP contribution in [0.25, 0.3) is 17.0 Å². The first-order chi connectivity index (χ1) is 10.5. The SMILES string of the molecule is C=Cc1c(Cl)cnc2ccc(OC)cc12.O=S(=O)(O)C(F)(F)F. The van der Waals surface area contributed by atoms with Crippen LogP contribution in [0.1, 0.15) is 5.56 Å². The van der Waals surface area contributed by atoms with Crippen molar-refractivity contribution in [1.29, 1.82) is 0 Å². The molecule has 0 radical (unpaired) electrons. The third-order valence-corrected chi connectivity index (χ3v) is 3.45. The first-order valence-corrected chi connectivity index (χ1v) is 7.61. The second-order valence-corrected chi connectivity index (χ2v) is 5.85. The van der Waals surface area contributed by atoms with Gasteiger partial charge in [0.15, 0.2) is 0 Å². The number of hydrogen-bond donors (Lipinski definition) is 1. The van der Waals surface area contributed by atoms with Crippen LogP contribution in [-0.2, 0) is 10.1 Å². The normalized spacial score (nSPS) is 11.6. The number of alkyl halides is 3. The van der Waals surface area contributed by atoms with Gasteiger partial charge in [-0.1, -0.05) is 24.3 Å². The number of benzene rings is 1. The highest BCUT2D eigenvalue weighted by atomic mass is 35.5. The molecule has 0 atom stereocenters. The topological polar surface area (TPSA) is 76.5 Å². The minimum atomic E-state index is -5.84. The monoisotopic (exact) mass is 369 g/mol. The molecule has 0 spiro atoms. The van der Waals surface area contributed by atoms with Crippen LogP contribution >= 0.6 is 11.6 Å². The molecule has 0 bridgehead atoms. The molecule has 5 nitrogen and oxygen atoms in total. The first-order valence-electron chi connectivity index (χ1n) is 5.79. The minimum Gasteiger partial charge on any atom is -0.497 e. The van der Waals surface area contributed by atoms with Crippen molar-refractivity contribution in [2.75, 3.05) is 7.11 Å². The molecule has 0 amide bonds. The van der Waals surface area contributed by atoms with Gasteiger partial charge in [0.1, 0.15) is 5.75 Å². The molecule has 2 rings (SSSR count). The lowest BCUT2D eigenvalue weighted by Crippen LogP contribution is -2.21. The molecule has 0 aliphatic heterocycles. The van der Waals surface area contributed by atoms with Crippen molar-refractivity contribution in [1.82, 2.24) is 4.98 Å². The van der Waals surface area contributed by atoms with Gasteiger partial charge in [-0.3, -0.25) is 9.54 Å². The highest BCUT2D eigenvalue weighted by molar-refractivity contribution is 7.86. The van der Waals surface area contributed by atoms with Gasteiger partial charge in [-0.05, 0) is 18.2 Å². The number of halogens is 4. The molecule has 1 heterocycles. The van der Waals surface area contributed by atoms with Crippen LogP contribution in [0.15, 0.2) is 31.0 Å². The molecule has 2 aromatic rings. The standard InChI is InChI=1S/C12H10ClNO.CHF3O3S/c1-3-9-10-6-8(15-2)4-5-12(10)14-7-11(9)13;2-1(3,4)8(5,6)7/h3-7H,1H2,2H3;(H,5,6,7). The van der Waals surface area contributed by atoms with E-state index in [9.17, 15) is 13.2 Å². The molecule has 0 aliphatic rings. The zero-order chi connectivity index (χ0) is 17.8. The Labute approximate surface area is 135 Å². The zero-order valence-electron chi connectivity index (χ0n) is 11.6. The summed E-state index contributed by atoms with van der Waals surface area (Å²) in [7, 11) is -4.21. The van der Waals surface area contributed by atoms with Crippen LogP contribution < -0.4 is 4.74 Å². The predicted octanol–water partition coefficient (Wildman–Crippen LogP) is 3.93. The minimum absolute atomic E-state index is 0.603. The van der Waals surface area contributed by atoms with Gasteiger partial charge in [0, 0.05) is 17.1 Å². The Bertz CT molecular complexity index is 822. The van der Waals surface area contributed by atoms with Crippen molar-refractivity contribution < 1.29 is 30.9 Å². The van der Waals surface area contributed by atoms with Crippen molar-refractivity contribution in [3.05, 3.63) is 41.6 Å². The van der Waals surface area contributed by atoms with Crippen LogP contribution in [0.4, 0.5) is 13.2 Å². The molecule has 1 N–H and O–H groups in total. The van der Waals surface area contributed by atoms with Crippen LogP contribution in [-0.4, -0.2) is 30.6 Å². The van der Waals surface area contributed by atoms with E-state index < -0.39 is 15.6 Å². The summed E-state index contributed by atoms with van der Waals surface area (Å²) in [6, 6.07) is 5.68. The van der Waals surface area contributed by atoms with Crippen molar-refractivity contribution in [2.24, 2.45) is 0 Å². The lowest BCUT2D eigenvalue weighted by atomic mass is 10.1. The maximum absolute atomic E-state index is 10.7. The molecular formula is C13H11ClF3NO4S. The number of pyridine rings is 1. The summed E-state index contributed by atoms with van der Waals surface area (Å²) in [5.41, 5.74) is -3.76. The fourth-order valence-electron chi connectivity index (χ4n) is 1.50. The van der Waals surface area contributed by atoms with E-state index in [0.29, 0.717) is 5.02 Å². The van der Waals surface area contributed by atoms with Crippen LogP contribution in [0.3, 0.4) is 0 Å². The number of aromatic nitrogens is 1. The second kappa shape index (κ2) is 7.16. The number of ether oxygens (including phenoxy) is 1. The molecule has 1 aromatic heterocycles. The molecule has 0 aliphatic carbocycles. The summed E-state index contributed by atoms with van der Waals surface area (Å²) in [5.74, 6) is 0.787. The van der Waals surface area contributed by atoms with Crippen molar-refractivity contribution in [3.63, 3.8) is 0 Å². The second-order valence-electron chi connectivity index (χ2n) is 4.03. The van der Waals surface area contributed by atoms with Gasteiger partial charge in [-0.15, -0.1) is 0 Å². The fourth-order valence-corrected chi connectivity index (χ4v) is 1.73. The Hall–Kier alpha value is -1.84. The number of methoxy groups -OCH3 is 1. The molecule has 0 saturated heterocycles. The van der Waals surface area contributed by atoms with Crippen LogP contribution in [0.5, 0.6) is 5.75 Å². The van der Waals surface area contributed by atoms with E-state index in [1.807, 2.05) is 18.2 Å². The van der Waals surface area contributed by atoms with E-state index in [0.717, 1.165) is 22.2 Å². The molecule has 0 fully saturated rings. The zero-order valence-corrected chi connectivity index (χ0v) is 13.2. The van der Waals surface area contributed by atoms with E-state index in [2.05, 4.69) is 11.6 Å². The van der Waals surface area contributed by atoms with Gasteiger partial charge < -0.3 is 4.74 Å². The summed E-state index contributed by atoms with van der Waals surface area (Å²) in [5, 5.41) is 1.56.